The van der Waals surface area contributed by atoms with Crippen LogP contribution >= 0.6 is 0 Å². The van der Waals surface area contributed by atoms with Crippen molar-refractivity contribution < 1.29 is 4.79 Å². The molecule has 1 heterocycles. The molecule has 2 unspecified atom stereocenters. The minimum absolute atomic E-state index is 0.0876. The Hall–Kier alpha value is -1.12. The first-order chi connectivity index (χ1) is 8.21. The van der Waals surface area contributed by atoms with E-state index in [0.717, 1.165) is 38.9 Å². The fraction of sp³-hybridized carbons (Fsp3) is 0.833. The summed E-state index contributed by atoms with van der Waals surface area (Å²) in [4.78, 5) is 13.8. The molecular formula is C12H22N4O. The van der Waals surface area contributed by atoms with Crippen LogP contribution in [0.2, 0.25) is 0 Å². The van der Waals surface area contributed by atoms with Gasteiger partial charge in [-0.2, -0.15) is 5.26 Å². The summed E-state index contributed by atoms with van der Waals surface area (Å²) in [6.07, 6.45) is 2.85. The third-order valence-corrected chi connectivity index (χ3v) is 3.36. The maximum absolute atomic E-state index is 11.6. The van der Waals surface area contributed by atoms with Crippen LogP contribution in [-0.4, -0.2) is 50.6 Å². The number of likely N-dealkylation sites (tertiary alicyclic amines) is 1. The zero-order valence-electron chi connectivity index (χ0n) is 10.7. The van der Waals surface area contributed by atoms with Gasteiger partial charge >= 0.3 is 0 Å². The minimum atomic E-state index is -0.0876. The van der Waals surface area contributed by atoms with E-state index in [1.165, 1.54) is 0 Å². The molecule has 2 atom stereocenters. The first-order valence-corrected chi connectivity index (χ1v) is 6.22. The summed E-state index contributed by atoms with van der Waals surface area (Å²) in [6, 6.07) is 2.13. The molecule has 0 aromatic heterocycles. The lowest BCUT2D eigenvalue weighted by molar-refractivity contribution is -0.126. The van der Waals surface area contributed by atoms with Crippen LogP contribution in [0.25, 0.3) is 0 Å². The summed E-state index contributed by atoms with van der Waals surface area (Å²) in [5.41, 5.74) is 0. The van der Waals surface area contributed by atoms with Gasteiger partial charge in [0.15, 0.2) is 0 Å². The van der Waals surface area contributed by atoms with Gasteiger partial charge in [0, 0.05) is 20.1 Å². The van der Waals surface area contributed by atoms with Crippen molar-refractivity contribution in [3.8, 4) is 6.07 Å². The predicted octanol–water partition coefficient (Wildman–Crippen LogP) is -0.0539. The van der Waals surface area contributed by atoms with Crippen molar-refractivity contribution in [2.75, 3.05) is 33.7 Å². The Balaban J connectivity index is 2.35. The Morgan fingerprint density at radius 2 is 2.35 bits per heavy atom. The molecule has 0 aliphatic carbocycles. The van der Waals surface area contributed by atoms with Crippen LogP contribution in [0.4, 0.5) is 0 Å². The van der Waals surface area contributed by atoms with Crippen molar-refractivity contribution >= 4 is 5.91 Å². The first kappa shape index (κ1) is 13.9. The number of hydrogen-bond donors (Lipinski definition) is 2. The zero-order chi connectivity index (χ0) is 12.7. The number of nitrogens with one attached hydrogen (secondary N) is 2. The molecule has 0 bridgehead atoms. The molecule has 0 aromatic carbocycles. The number of piperidine rings is 1. The van der Waals surface area contributed by atoms with Gasteiger partial charge in [0.2, 0.25) is 5.91 Å². The topological polar surface area (TPSA) is 68.2 Å². The number of rotatable bonds is 5. The van der Waals surface area contributed by atoms with E-state index in [4.69, 9.17) is 5.26 Å². The average molecular weight is 238 g/mol. The van der Waals surface area contributed by atoms with Gasteiger partial charge in [0.25, 0.3) is 0 Å². The molecule has 5 heteroatoms. The fourth-order valence-corrected chi connectivity index (χ4v) is 2.26. The van der Waals surface area contributed by atoms with Crippen molar-refractivity contribution in [3.63, 3.8) is 0 Å². The molecule has 1 saturated heterocycles. The van der Waals surface area contributed by atoms with Crippen molar-refractivity contribution in [2.24, 2.45) is 5.92 Å². The number of carbonyl (C=O) groups is 1. The largest absolute Gasteiger partial charge is 0.359 e. The van der Waals surface area contributed by atoms with E-state index in [9.17, 15) is 4.79 Å². The van der Waals surface area contributed by atoms with Crippen LogP contribution in [0.1, 0.15) is 19.3 Å². The third-order valence-electron chi connectivity index (χ3n) is 3.36. The van der Waals surface area contributed by atoms with E-state index < -0.39 is 0 Å². The van der Waals surface area contributed by atoms with Gasteiger partial charge in [-0.15, -0.1) is 0 Å². The first-order valence-electron chi connectivity index (χ1n) is 6.22. The highest BCUT2D eigenvalue weighted by molar-refractivity contribution is 5.78. The molecule has 1 amide bonds. The van der Waals surface area contributed by atoms with Crippen LogP contribution in [0.15, 0.2) is 0 Å². The van der Waals surface area contributed by atoms with Crippen LogP contribution in [-0.2, 0) is 4.79 Å². The van der Waals surface area contributed by atoms with Crippen LogP contribution in [0.3, 0.4) is 0 Å². The molecule has 0 spiro atoms. The molecule has 0 saturated carbocycles. The second-order valence-corrected chi connectivity index (χ2v) is 4.51. The summed E-state index contributed by atoms with van der Waals surface area (Å²) in [5.74, 6) is 0.254. The van der Waals surface area contributed by atoms with Gasteiger partial charge in [-0.3, -0.25) is 4.79 Å². The molecule has 5 nitrogen and oxygen atoms in total. The van der Waals surface area contributed by atoms with Crippen molar-refractivity contribution in [2.45, 2.75) is 25.3 Å². The van der Waals surface area contributed by atoms with E-state index in [1.54, 1.807) is 14.1 Å². The van der Waals surface area contributed by atoms with Gasteiger partial charge in [-0.05, 0) is 32.9 Å². The standard InChI is InChI=1S/C12H22N4O/c1-14-11(8-13)5-7-16-6-3-4-10(9-16)12(17)15-2/h10-11,14H,3-7,9H2,1-2H3,(H,15,17). The Kier molecular flexibility index (Phi) is 5.95. The number of hydrogen-bond acceptors (Lipinski definition) is 4. The summed E-state index contributed by atoms with van der Waals surface area (Å²) < 4.78 is 0. The minimum Gasteiger partial charge on any atom is -0.359 e. The normalized spacial score (nSPS) is 22.8. The van der Waals surface area contributed by atoms with E-state index >= 15 is 0 Å². The summed E-state index contributed by atoms with van der Waals surface area (Å²) in [6.45, 7) is 2.74. The summed E-state index contributed by atoms with van der Waals surface area (Å²) in [5, 5.41) is 14.5. The maximum atomic E-state index is 11.6. The van der Waals surface area contributed by atoms with Crippen molar-refractivity contribution in [1.29, 1.82) is 5.26 Å². The monoisotopic (exact) mass is 238 g/mol. The molecule has 1 fully saturated rings. The van der Waals surface area contributed by atoms with E-state index in [2.05, 4.69) is 21.6 Å². The molecule has 2 N–H and O–H groups in total. The summed E-state index contributed by atoms with van der Waals surface area (Å²) in [7, 11) is 3.49. The van der Waals surface area contributed by atoms with E-state index in [1.807, 2.05) is 0 Å². The Bertz CT molecular complexity index is 287. The van der Waals surface area contributed by atoms with Crippen molar-refractivity contribution in [3.05, 3.63) is 0 Å². The Labute approximate surface area is 103 Å². The molecular weight excluding hydrogens is 216 g/mol. The highest BCUT2D eigenvalue weighted by Gasteiger charge is 2.24. The van der Waals surface area contributed by atoms with Gasteiger partial charge in [0.1, 0.15) is 0 Å². The quantitative estimate of drug-likeness (QED) is 0.704. The number of nitriles is 1. The number of amides is 1. The maximum Gasteiger partial charge on any atom is 0.224 e. The zero-order valence-corrected chi connectivity index (χ0v) is 10.7. The van der Waals surface area contributed by atoms with Crippen LogP contribution in [0, 0.1) is 17.2 Å². The molecule has 0 radical (unpaired) electrons. The molecule has 0 aromatic rings. The highest BCUT2D eigenvalue weighted by atomic mass is 16.1. The van der Waals surface area contributed by atoms with E-state index in [0.29, 0.717) is 0 Å². The number of nitrogens with zero attached hydrogens (tertiary/aromatic N) is 2. The second kappa shape index (κ2) is 7.25. The van der Waals surface area contributed by atoms with E-state index in [-0.39, 0.29) is 17.9 Å². The van der Waals surface area contributed by atoms with Gasteiger partial charge in [-0.25, -0.2) is 0 Å². The smallest absolute Gasteiger partial charge is 0.224 e. The van der Waals surface area contributed by atoms with Gasteiger partial charge in [-0.1, -0.05) is 0 Å². The summed E-state index contributed by atoms with van der Waals surface area (Å²) >= 11 is 0. The Morgan fingerprint density at radius 1 is 1.59 bits per heavy atom. The Morgan fingerprint density at radius 3 is 2.94 bits per heavy atom. The third kappa shape index (κ3) is 4.33. The van der Waals surface area contributed by atoms with Crippen LogP contribution < -0.4 is 10.6 Å². The molecule has 1 aliphatic rings. The molecule has 96 valence electrons. The van der Waals surface area contributed by atoms with Gasteiger partial charge in [0.05, 0.1) is 18.0 Å². The SMILES string of the molecule is CNC(=O)C1CCCN(CCC(C#N)NC)C1. The van der Waals surface area contributed by atoms with Gasteiger partial charge < -0.3 is 15.5 Å². The lowest BCUT2D eigenvalue weighted by Gasteiger charge is -2.32. The molecule has 1 aliphatic heterocycles. The second-order valence-electron chi connectivity index (χ2n) is 4.51. The molecule has 1 rings (SSSR count). The average Bonchev–Trinajstić information content (AvgIpc) is 2.39. The lowest BCUT2D eigenvalue weighted by atomic mass is 9.97. The number of carbonyl (C=O) groups excluding carboxylic acids is 1. The van der Waals surface area contributed by atoms with Crippen LogP contribution in [0.5, 0.6) is 0 Å². The fourth-order valence-electron chi connectivity index (χ4n) is 2.26. The highest BCUT2D eigenvalue weighted by Crippen LogP contribution is 2.16. The van der Waals surface area contributed by atoms with Crippen molar-refractivity contribution in [1.82, 2.24) is 15.5 Å². The molecule has 17 heavy (non-hydrogen) atoms. The lowest BCUT2D eigenvalue weighted by Crippen LogP contribution is -2.43. The predicted molar refractivity (Wildman–Crippen MR) is 66.3 cm³/mol.